The SMILES string of the molecule is Oc1c2cc(c(O)c1O)C(CCCCCCCCBr)c1cc(c(O)c(O)c1O)C(CCCCCCCCBr)c1cc(c(O)c(O)c1O)C(CCCCCCCCBr)c1cc(c(O)c(O)c1O)C2CCCCCCCCBr. The van der Waals surface area contributed by atoms with Gasteiger partial charge in [0.25, 0.3) is 0 Å². The van der Waals surface area contributed by atoms with Gasteiger partial charge in [-0.25, -0.2) is 0 Å². The van der Waals surface area contributed by atoms with Crippen LogP contribution in [0.2, 0.25) is 0 Å². The normalized spacial score (nSPS) is 16.4. The van der Waals surface area contributed by atoms with Gasteiger partial charge in [0.15, 0.2) is 46.0 Å². The number of phenolic OH excluding ortho intramolecular Hbond substituents is 12. The molecule has 0 fully saturated rings. The van der Waals surface area contributed by atoms with Gasteiger partial charge in [0.05, 0.1) is 0 Å². The second kappa shape index (κ2) is 32.5. The summed E-state index contributed by atoms with van der Waals surface area (Å²) >= 11 is 14.0. The molecule has 0 aliphatic heterocycles. The van der Waals surface area contributed by atoms with E-state index in [1.165, 1.54) is 0 Å². The number of benzene rings is 4. The minimum atomic E-state index is -0.991. The van der Waals surface area contributed by atoms with Gasteiger partial charge in [0.2, 0.25) is 23.0 Å². The number of fused-ring (bicyclic) bond motifs is 8. The molecule has 0 spiro atoms. The third-order valence-corrected chi connectivity index (χ3v) is 18.0. The monoisotopic (exact) mass is 1310 g/mol. The van der Waals surface area contributed by atoms with E-state index in [0.29, 0.717) is 25.7 Å². The number of hydrogen-bond donors (Lipinski definition) is 12. The van der Waals surface area contributed by atoms with E-state index in [-0.39, 0.29) is 70.2 Å². The molecule has 4 aromatic rings. The highest BCUT2D eigenvalue weighted by Gasteiger charge is 2.37. The van der Waals surface area contributed by atoms with Crippen LogP contribution in [0.25, 0.3) is 0 Å². The van der Waals surface area contributed by atoms with Gasteiger partial charge in [-0.2, -0.15) is 0 Å². The zero-order valence-electron chi connectivity index (χ0n) is 44.1. The first-order valence-electron chi connectivity index (χ1n) is 28.0. The van der Waals surface area contributed by atoms with Crippen LogP contribution in [0.4, 0.5) is 0 Å². The molecular formula is C60H84Br4O12. The van der Waals surface area contributed by atoms with E-state index in [4.69, 9.17) is 0 Å². The maximum absolute atomic E-state index is 12.1. The van der Waals surface area contributed by atoms with E-state index in [0.717, 1.165) is 150 Å². The third kappa shape index (κ3) is 16.3. The maximum Gasteiger partial charge on any atom is 0.200 e. The lowest BCUT2D eigenvalue weighted by Gasteiger charge is -2.30. The molecule has 12 N–H and O–H groups in total. The lowest BCUT2D eigenvalue weighted by atomic mass is 9.76. The summed E-state index contributed by atoms with van der Waals surface area (Å²) in [7, 11) is 0. The second-order valence-corrected chi connectivity index (χ2v) is 24.2. The summed E-state index contributed by atoms with van der Waals surface area (Å²) in [6.45, 7) is 0. The van der Waals surface area contributed by atoms with Gasteiger partial charge < -0.3 is 61.3 Å². The summed E-state index contributed by atoms with van der Waals surface area (Å²) in [4.78, 5) is 0. The highest BCUT2D eigenvalue weighted by molar-refractivity contribution is 9.09. The third-order valence-electron chi connectivity index (χ3n) is 15.7. The second-order valence-electron chi connectivity index (χ2n) is 21.0. The van der Waals surface area contributed by atoms with Gasteiger partial charge in [-0.05, 0) is 75.6 Å². The first-order chi connectivity index (χ1) is 36.7. The molecule has 4 aromatic carbocycles. The van der Waals surface area contributed by atoms with Crippen molar-refractivity contribution in [3.05, 3.63) is 68.8 Å². The standard InChI is InChI=1S/C60H84Br4O12/c61-29-21-13-5-1-9-17-25-37-41-33-43(51(67)57(73)49(41)65)38(26-18-10-2-6-14-22-30-62)45-35-47(55(71)59(75)53(45)69)40(28-20-12-4-8-16-24-32-64)48-36-46(54(70)60(76)56(48)72)39(27-19-11-3-7-15-23-31-63)44-34-42(37)50(66)58(74)52(44)68/h33-40,65-76H,1-32H2. The van der Waals surface area contributed by atoms with E-state index >= 15 is 0 Å². The molecule has 5 rings (SSSR count). The molecule has 0 saturated heterocycles. The van der Waals surface area contributed by atoms with Crippen molar-refractivity contribution in [1.29, 1.82) is 0 Å². The van der Waals surface area contributed by atoms with Crippen LogP contribution >= 0.6 is 63.7 Å². The molecule has 0 aromatic heterocycles. The Morgan fingerprint density at radius 3 is 0.474 bits per heavy atom. The topological polar surface area (TPSA) is 243 Å². The molecule has 12 nitrogen and oxygen atoms in total. The van der Waals surface area contributed by atoms with Crippen LogP contribution in [0.5, 0.6) is 69.0 Å². The highest BCUT2D eigenvalue weighted by Crippen LogP contribution is 2.59. The Labute approximate surface area is 484 Å². The molecule has 0 saturated carbocycles. The smallest absolute Gasteiger partial charge is 0.200 e. The number of hydrogen-bond acceptors (Lipinski definition) is 12. The summed E-state index contributed by atoms with van der Waals surface area (Å²) in [6.07, 6.45) is 22.0. The predicted molar refractivity (Wildman–Crippen MR) is 318 cm³/mol. The molecule has 424 valence electrons. The fraction of sp³-hybridized carbons (Fsp3) is 0.600. The van der Waals surface area contributed by atoms with Crippen molar-refractivity contribution in [2.24, 2.45) is 0 Å². The van der Waals surface area contributed by atoms with Gasteiger partial charge in [0.1, 0.15) is 0 Å². The number of rotatable bonds is 32. The average Bonchev–Trinajstić information content (AvgIpc) is 3.44. The van der Waals surface area contributed by atoms with E-state index in [9.17, 15) is 61.3 Å². The lowest BCUT2D eigenvalue weighted by Crippen LogP contribution is -2.12. The van der Waals surface area contributed by atoms with Crippen molar-refractivity contribution in [2.45, 2.75) is 203 Å². The number of alkyl halides is 4. The van der Waals surface area contributed by atoms with E-state index in [2.05, 4.69) is 63.7 Å². The Bertz CT molecular complexity index is 2000. The van der Waals surface area contributed by atoms with Crippen molar-refractivity contribution in [1.82, 2.24) is 0 Å². The zero-order valence-corrected chi connectivity index (χ0v) is 50.5. The van der Waals surface area contributed by atoms with Crippen LogP contribution in [0.3, 0.4) is 0 Å². The zero-order chi connectivity index (χ0) is 55.3. The Balaban J connectivity index is 1.87. The largest absolute Gasteiger partial charge is 0.504 e. The summed E-state index contributed by atoms with van der Waals surface area (Å²) in [5, 5.41) is 147. The minimum Gasteiger partial charge on any atom is -0.504 e. The molecular weight excluding hydrogens is 1230 g/mol. The first-order valence-corrected chi connectivity index (χ1v) is 32.5. The van der Waals surface area contributed by atoms with Crippen LogP contribution in [0.1, 0.15) is 248 Å². The van der Waals surface area contributed by atoms with E-state index in [1.54, 1.807) is 24.3 Å². The molecule has 0 atom stereocenters. The van der Waals surface area contributed by atoms with Crippen LogP contribution in [-0.4, -0.2) is 82.6 Å². The molecule has 8 bridgehead atoms. The summed E-state index contributed by atoms with van der Waals surface area (Å²) < 4.78 is 0. The van der Waals surface area contributed by atoms with Crippen molar-refractivity contribution < 1.29 is 61.3 Å². The van der Waals surface area contributed by atoms with Crippen molar-refractivity contribution in [2.75, 3.05) is 21.3 Å². The summed E-state index contributed by atoms with van der Waals surface area (Å²) in [5.41, 5.74) is 0.718. The predicted octanol–water partition coefficient (Wildman–Crippen LogP) is 17.5. The average molecular weight is 1320 g/mol. The number of aromatic hydroxyl groups is 12. The highest BCUT2D eigenvalue weighted by atomic mass is 79.9. The first kappa shape index (κ1) is 63.2. The molecule has 1 aliphatic carbocycles. The Morgan fingerprint density at radius 1 is 0.197 bits per heavy atom. The Kier molecular flexibility index (Phi) is 27.0. The van der Waals surface area contributed by atoms with E-state index < -0.39 is 92.7 Å². The van der Waals surface area contributed by atoms with Crippen LogP contribution in [-0.2, 0) is 0 Å². The number of halogens is 4. The number of phenols is 12. The quantitative estimate of drug-likeness (QED) is 0.0124. The molecule has 0 radical (unpaired) electrons. The fourth-order valence-electron chi connectivity index (χ4n) is 11.4. The molecule has 0 amide bonds. The van der Waals surface area contributed by atoms with Crippen molar-refractivity contribution >= 4 is 63.7 Å². The van der Waals surface area contributed by atoms with Crippen LogP contribution in [0.15, 0.2) is 24.3 Å². The number of unbranched alkanes of at least 4 members (excludes halogenated alkanes) is 20. The van der Waals surface area contributed by atoms with Crippen LogP contribution in [0, 0.1) is 0 Å². The van der Waals surface area contributed by atoms with Gasteiger partial charge in [-0.15, -0.1) is 0 Å². The summed E-state index contributed by atoms with van der Waals surface area (Å²) in [5.74, 6) is -12.7. The van der Waals surface area contributed by atoms with Crippen molar-refractivity contribution in [3.8, 4) is 69.0 Å². The van der Waals surface area contributed by atoms with Gasteiger partial charge in [-0.1, -0.05) is 192 Å². The maximum atomic E-state index is 12.1. The molecule has 0 unspecified atom stereocenters. The Hall–Kier alpha value is -3.60. The van der Waals surface area contributed by atoms with Gasteiger partial charge in [-0.3, -0.25) is 0 Å². The van der Waals surface area contributed by atoms with E-state index in [1.807, 2.05) is 0 Å². The molecule has 0 heterocycles. The van der Waals surface area contributed by atoms with Gasteiger partial charge in [0, 0.05) is 89.5 Å². The van der Waals surface area contributed by atoms with Crippen LogP contribution < -0.4 is 0 Å². The molecule has 76 heavy (non-hydrogen) atoms. The van der Waals surface area contributed by atoms with Crippen molar-refractivity contribution in [3.63, 3.8) is 0 Å². The Morgan fingerprint density at radius 2 is 0.329 bits per heavy atom. The minimum absolute atomic E-state index is 0.0898. The molecule has 1 aliphatic rings. The van der Waals surface area contributed by atoms with Gasteiger partial charge >= 0.3 is 0 Å². The lowest BCUT2D eigenvalue weighted by molar-refractivity contribution is 0.347. The fourth-order valence-corrected chi connectivity index (χ4v) is 13.0. The summed E-state index contributed by atoms with van der Waals surface area (Å²) in [6, 6.07) is 6.17. The molecule has 16 heteroatoms.